The molecule has 9 aromatic carbocycles. The van der Waals surface area contributed by atoms with E-state index in [1.807, 2.05) is 0 Å². The van der Waals surface area contributed by atoms with E-state index in [1.165, 1.54) is 26.9 Å². The molecule has 0 spiro atoms. The minimum absolute atomic E-state index is 0.578. The molecule has 0 saturated heterocycles. The molecule has 7 heteroatoms. The molecule has 6 aromatic heterocycles. The van der Waals surface area contributed by atoms with Crippen molar-refractivity contribution in [2.45, 2.75) is 0 Å². The number of benzene rings is 9. The Morgan fingerprint density at radius 3 is 1.26 bits per heavy atom. The normalized spacial score (nSPS) is 12.2. The Morgan fingerprint density at radius 1 is 0.303 bits per heavy atom. The summed E-state index contributed by atoms with van der Waals surface area (Å²) in [7, 11) is 0. The van der Waals surface area contributed by atoms with Gasteiger partial charge in [-0.25, -0.2) is 15.0 Å². The van der Waals surface area contributed by atoms with Crippen LogP contribution < -0.4 is 0 Å². The Balaban J connectivity index is 1.08. The van der Waals surface area contributed by atoms with Crippen LogP contribution in [0.25, 0.3) is 132 Å². The molecule has 0 radical (unpaired) electrons. The highest BCUT2D eigenvalue weighted by molar-refractivity contribution is 6.17. The second-order valence-electron chi connectivity index (χ2n) is 17.2. The van der Waals surface area contributed by atoms with Crippen LogP contribution in [-0.4, -0.2) is 33.1 Å². The van der Waals surface area contributed by atoms with Crippen molar-refractivity contribution in [3.8, 4) is 28.6 Å². The highest BCUT2D eigenvalue weighted by Gasteiger charge is 2.25. The van der Waals surface area contributed by atoms with Crippen LogP contribution in [0.2, 0.25) is 0 Å². The third-order valence-electron chi connectivity index (χ3n) is 13.7. The largest absolute Gasteiger partial charge is 0.309 e. The Morgan fingerprint density at radius 2 is 0.712 bits per heavy atom. The number of aromatic nitrogens is 7. The van der Waals surface area contributed by atoms with Crippen LogP contribution in [0.1, 0.15) is 0 Å². The van der Waals surface area contributed by atoms with Gasteiger partial charge in [0.25, 0.3) is 0 Å². The fraction of sp³-hybridized carbons (Fsp3) is 0. The molecule has 0 fully saturated rings. The summed E-state index contributed by atoms with van der Waals surface area (Å²) in [4.78, 5) is 16.6. The highest BCUT2D eigenvalue weighted by atomic mass is 15.2. The Hall–Kier alpha value is -9.07. The summed E-state index contributed by atoms with van der Waals surface area (Å²) < 4.78 is 9.36. The maximum atomic E-state index is 5.73. The lowest BCUT2D eigenvalue weighted by atomic mass is 10.0. The van der Waals surface area contributed by atoms with Crippen molar-refractivity contribution in [2.24, 2.45) is 0 Å². The van der Waals surface area contributed by atoms with Crippen LogP contribution in [0, 0.1) is 0 Å². The molecule has 0 unspecified atom stereocenters. The molecule has 66 heavy (non-hydrogen) atoms. The number of hydrogen-bond donors (Lipinski definition) is 0. The van der Waals surface area contributed by atoms with E-state index in [4.69, 9.17) is 15.0 Å². The molecule has 0 N–H and O–H groups in total. The van der Waals surface area contributed by atoms with E-state index < -0.39 is 0 Å². The third kappa shape index (κ3) is 4.77. The van der Waals surface area contributed by atoms with Crippen molar-refractivity contribution in [2.75, 3.05) is 0 Å². The quantitative estimate of drug-likeness (QED) is 0.166. The fourth-order valence-electron chi connectivity index (χ4n) is 11.0. The molecule has 306 valence electrons. The summed E-state index contributed by atoms with van der Waals surface area (Å²) in [6, 6.07) is 76.0. The molecule has 15 rings (SSSR count). The van der Waals surface area contributed by atoms with Gasteiger partial charge in [0, 0.05) is 60.0 Å². The summed E-state index contributed by atoms with van der Waals surface area (Å²) in [6.45, 7) is 0. The number of pyridine rings is 1. The lowest BCUT2D eigenvalue weighted by Gasteiger charge is -2.17. The van der Waals surface area contributed by atoms with E-state index in [-0.39, 0.29) is 0 Å². The first-order valence-corrected chi connectivity index (χ1v) is 22.4. The molecule has 6 heterocycles. The maximum absolute atomic E-state index is 5.73. The second-order valence-corrected chi connectivity index (χ2v) is 17.2. The monoisotopic (exact) mass is 841 g/mol. The van der Waals surface area contributed by atoms with E-state index in [1.54, 1.807) is 0 Å². The van der Waals surface area contributed by atoms with E-state index in [9.17, 15) is 0 Å². The Kier molecular flexibility index (Phi) is 7.10. The predicted octanol–water partition coefficient (Wildman–Crippen LogP) is 14.5. The fourth-order valence-corrected chi connectivity index (χ4v) is 11.0. The minimum Gasteiger partial charge on any atom is -0.309 e. The predicted molar refractivity (Wildman–Crippen MR) is 272 cm³/mol. The van der Waals surface area contributed by atoms with Crippen LogP contribution in [0.4, 0.5) is 0 Å². The van der Waals surface area contributed by atoms with Crippen molar-refractivity contribution in [3.05, 3.63) is 212 Å². The molecule has 0 aliphatic heterocycles. The van der Waals surface area contributed by atoms with Crippen LogP contribution in [0.5, 0.6) is 0 Å². The van der Waals surface area contributed by atoms with E-state index in [0.717, 1.165) is 99.6 Å². The van der Waals surface area contributed by atoms with Gasteiger partial charge in [-0.1, -0.05) is 152 Å². The highest BCUT2D eigenvalue weighted by Crippen LogP contribution is 2.41. The second kappa shape index (κ2) is 13.2. The van der Waals surface area contributed by atoms with Gasteiger partial charge in [-0.15, -0.1) is 0 Å². The standard InChI is InChI=1S/C59H35N7/c1-2-23-45-39(17-1)40-18-4-15-31-53(40)65-57(45)61-56-47-25-9-16-32-54(47)66(58(56)65)59-60-48-26-10-3-24-46(48)55(62-59)36-33-37(63-49-27-11-5-19-41(49)42-20-6-12-28-50(42)63)35-38(34-36)64-51-29-13-7-21-43(51)44-22-8-14-30-52(44)64/h1-35H. The van der Waals surface area contributed by atoms with Gasteiger partial charge < -0.3 is 9.13 Å². The van der Waals surface area contributed by atoms with Gasteiger partial charge in [-0.2, -0.15) is 0 Å². The first-order valence-electron chi connectivity index (χ1n) is 22.4. The molecule has 0 aliphatic rings. The van der Waals surface area contributed by atoms with Crippen molar-refractivity contribution >= 4 is 104 Å². The zero-order valence-electron chi connectivity index (χ0n) is 35.3. The molecule has 0 amide bonds. The van der Waals surface area contributed by atoms with Gasteiger partial charge in [0.2, 0.25) is 5.95 Å². The number of hydrogen-bond acceptors (Lipinski definition) is 3. The molecule has 7 nitrogen and oxygen atoms in total. The van der Waals surface area contributed by atoms with Crippen LogP contribution in [-0.2, 0) is 0 Å². The molecule has 0 bridgehead atoms. The smallest absolute Gasteiger partial charge is 0.237 e. The molecule has 0 saturated carbocycles. The zero-order valence-corrected chi connectivity index (χ0v) is 35.3. The molecular formula is C59H35N7. The summed E-state index contributed by atoms with van der Waals surface area (Å²) in [5, 5.41) is 10.3. The number of nitrogens with zero attached hydrogens (tertiary/aromatic N) is 7. The van der Waals surface area contributed by atoms with Crippen LogP contribution in [0.3, 0.4) is 0 Å². The zero-order chi connectivity index (χ0) is 43.0. The van der Waals surface area contributed by atoms with E-state index in [2.05, 4.69) is 230 Å². The summed E-state index contributed by atoms with van der Waals surface area (Å²) >= 11 is 0. The lowest BCUT2D eigenvalue weighted by molar-refractivity contribution is 0.992. The summed E-state index contributed by atoms with van der Waals surface area (Å²) in [5.41, 5.74) is 14.2. The number of para-hydroxylation sites is 7. The minimum atomic E-state index is 0.578. The SMILES string of the molecule is c1ccc2c(-c3cc(-n4c5ccccc5c5ccccc54)cc(-n4c5ccccc5c5ccccc54)c3)nc(-n3c4ccccc4c4nc5c6ccccc6c6ccccc6n5c43)nc2c1. The molecule has 0 atom stereocenters. The first kappa shape index (κ1) is 35.4. The van der Waals surface area contributed by atoms with Crippen molar-refractivity contribution in [1.82, 2.24) is 33.1 Å². The summed E-state index contributed by atoms with van der Waals surface area (Å²) in [6.07, 6.45) is 0. The lowest BCUT2D eigenvalue weighted by Crippen LogP contribution is -2.06. The van der Waals surface area contributed by atoms with Crippen LogP contribution in [0.15, 0.2) is 212 Å². The average molecular weight is 842 g/mol. The van der Waals surface area contributed by atoms with Gasteiger partial charge in [0.15, 0.2) is 5.65 Å². The first-order chi connectivity index (χ1) is 32.8. The van der Waals surface area contributed by atoms with Crippen molar-refractivity contribution in [3.63, 3.8) is 0 Å². The number of fused-ring (bicyclic) bond motifs is 17. The van der Waals surface area contributed by atoms with Gasteiger partial charge in [0.05, 0.1) is 44.3 Å². The van der Waals surface area contributed by atoms with Gasteiger partial charge >= 0.3 is 0 Å². The number of imidazole rings is 1. The van der Waals surface area contributed by atoms with Crippen molar-refractivity contribution in [1.29, 1.82) is 0 Å². The number of rotatable bonds is 4. The molecule has 15 aromatic rings. The Bertz CT molecular complexity index is 4300. The maximum Gasteiger partial charge on any atom is 0.237 e. The average Bonchev–Trinajstić information content (AvgIpc) is 4.12. The topological polar surface area (TPSA) is 57.9 Å². The molecular weight excluding hydrogens is 807 g/mol. The third-order valence-corrected chi connectivity index (χ3v) is 13.7. The van der Waals surface area contributed by atoms with Gasteiger partial charge in [0.1, 0.15) is 11.2 Å². The summed E-state index contributed by atoms with van der Waals surface area (Å²) in [5.74, 6) is 0.578. The van der Waals surface area contributed by atoms with E-state index in [0.29, 0.717) is 5.95 Å². The van der Waals surface area contributed by atoms with E-state index >= 15 is 0 Å². The van der Waals surface area contributed by atoms with Gasteiger partial charge in [-0.05, 0) is 66.0 Å². The Labute approximate surface area is 376 Å². The van der Waals surface area contributed by atoms with Gasteiger partial charge in [-0.3, -0.25) is 8.97 Å². The van der Waals surface area contributed by atoms with Crippen LogP contribution >= 0.6 is 0 Å². The molecule has 0 aliphatic carbocycles. The van der Waals surface area contributed by atoms with Crippen molar-refractivity contribution < 1.29 is 0 Å².